The van der Waals surface area contributed by atoms with Crippen LogP contribution in [0.3, 0.4) is 0 Å². The van der Waals surface area contributed by atoms with Crippen LogP contribution in [0.1, 0.15) is 30.0 Å². The van der Waals surface area contributed by atoms with Crippen molar-refractivity contribution < 1.29 is 13.5 Å². The van der Waals surface area contributed by atoms with Crippen molar-refractivity contribution >= 4 is 9.84 Å². The molecule has 4 nitrogen and oxygen atoms in total. The quantitative estimate of drug-likeness (QED) is 0.914. The molecule has 1 atom stereocenters. The van der Waals surface area contributed by atoms with Crippen LogP contribution in [0.25, 0.3) is 0 Å². The van der Waals surface area contributed by atoms with Gasteiger partial charge in [0.15, 0.2) is 0 Å². The summed E-state index contributed by atoms with van der Waals surface area (Å²) in [4.78, 5) is 2.11. The Bertz CT molecular complexity index is 554. The Morgan fingerprint density at radius 1 is 1.42 bits per heavy atom. The van der Waals surface area contributed by atoms with Crippen LogP contribution in [-0.2, 0) is 16.3 Å². The monoisotopic (exact) mass is 283 g/mol. The average molecular weight is 283 g/mol. The van der Waals surface area contributed by atoms with Crippen LogP contribution in [0.5, 0.6) is 5.75 Å². The highest BCUT2D eigenvalue weighted by Crippen LogP contribution is 2.35. The Kier molecular flexibility index (Phi) is 4.16. The molecule has 1 unspecified atom stereocenters. The minimum absolute atomic E-state index is 0.188. The van der Waals surface area contributed by atoms with E-state index in [4.69, 9.17) is 0 Å². The van der Waals surface area contributed by atoms with E-state index in [2.05, 4.69) is 4.90 Å². The number of phenolic OH excluding ortho intramolecular Hbond substituents is 1. The normalized spacial score (nSPS) is 19.4. The van der Waals surface area contributed by atoms with Crippen molar-refractivity contribution in [2.75, 3.05) is 25.6 Å². The molecular formula is C14H21NO3S. The molecule has 5 heteroatoms. The Labute approximate surface area is 115 Å². The fourth-order valence-corrected chi connectivity index (χ4v) is 3.32. The van der Waals surface area contributed by atoms with Gasteiger partial charge in [0.2, 0.25) is 0 Å². The van der Waals surface area contributed by atoms with Crippen LogP contribution in [0, 0.1) is 0 Å². The van der Waals surface area contributed by atoms with E-state index < -0.39 is 9.84 Å². The molecule has 0 bridgehead atoms. The maximum absolute atomic E-state index is 11.2. The lowest BCUT2D eigenvalue weighted by Gasteiger charge is -2.33. The molecular weight excluding hydrogens is 262 g/mol. The summed E-state index contributed by atoms with van der Waals surface area (Å²) in [6, 6.07) is 5.75. The van der Waals surface area contributed by atoms with Gasteiger partial charge in [0.05, 0.1) is 5.75 Å². The molecule has 0 aromatic heterocycles. The van der Waals surface area contributed by atoms with E-state index in [1.54, 1.807) is 6.07 Å². The molecule has 1 N–H and O–H groups in total. The van der Waals surface area contributed by atoms with Gasteiger partial charge in [-0.05, 0) is 49.6 Å². The van der Waals surface area contributed by atoms with Gasteiger partial charge in [-0.15, -0.1) is 0 Å². The molecule has 1 aromatic carbocycles. The lowest BCUT2D eigenvalue weighted by Crippen LogP contribution is -2.31. The first-order valence-corrected chi connectivity index (χ1v) is 8.62. The Balaban J connectivity index is 2.14. The number of benzene rings is 1. The Morgan fingerprint density at radius 3 is 2.84 bits per heavy atom. The molecule has 0 amide bonds. The smallest absolute Gasteiger partial charge is 0.148 e. The summed E-state index contributed by atoms with van der Waals surface area (Å²) in [6.45, 7) is 0.545. The number of aryl methyl sites for hydroxylation is 1. The van der Waals surface area contributed by atoms with Crippen LogP contribution in [0.4, 0.5) is 0 Å². The highest BCUT2D eigenvalue weighted by atomic mass is 32.2. The second-order valence-electron chi connectivity index (χ2n) is 5.40. The third kappa shape index (κ3) is 3.70. The fraction of sp³-hybridized carbons (Fsp3) is 0.571. The molecule has 19 heavy (non-hydrogen) atoms. The highest BCUT2D eigenvalue weighted by Gasteiger charge is 2.24. The lowest BCUT2D eigenvalue weighted by atomic mass is 9.87. The summed E-state index contributed by atoms with van der Waals surface area (Å²) >= 11 is 0. The molecule has 0 heterocycles. The van der Waals surface area contributed by atoms with E-state index in [9.17, 15) is 13.5 Å². The van der Waals surface area contributed by atoms with Crippen molar-refractivity contribution in [2.45, 2.75) is 25.3 Å². The zero-order chi connectivity index (χ0) is 14.0. The number of hydrogen-bond acceptors (Lipinski definition) is 4. The predicted molar refractivity (Wildman–Crippen MR) is 76.1 cm³/mol. The maximum Gasteiger partial charge on any atom is 0.148 e. The van der Waals surface area contributed by atoms with Gasteiger partial charge >= 0.3 is 0 Å². The molecule has 0 aliphatic heterocycles. The highest BCUT2D eigenvalue weighted by molar-refractivity contribution is 7.90. The molecule has 0 saturated carbocycles. The number of rotatable bonds is 4. The van der Waals surface area contributed by atoms with Gasteiger partial charge in [-0.1, -0.05) is 6.07 Å². The fourth-order valence-electron chi connectivity index (χ4n) is 2.70. The van der Waals surface area contributed by atoms with Gasteiger partial charge in [0.1, 0.15) is 15.6 Å². The number of nitrogens with zero attached hydrogens (tertiary/aromatic N) is 1. The summed E-state index contributed by atoms with van der Waals surface area (Å²) in [7, 11) is -0.954. The number of fused-ring (bicyclic) bond motifs is 1. The minimum atomic E-state index is -2.92. The van der Waals surface area contributed by atoms with Crippen LogP contribution in [-0.4, -0.2) is 44.0 Å². The molecule has 1 aliphatic carbocycles. The van der Waals surface area contributed by atoms with Gasteiger partial charge in [-0.2, -0.15) is 0 Å². The Hall–Kier alpha value is -1.07. The third-order valence-electron chi connectivity index (χ3n) is 3.76. The van der Waals surface area contributed by atoms with E-state index in [1.807, 2.05) is 19.2 Å². The topological polar surface area (TPSA) is 57.6 Å². The first-order chi connectivity index (χ1) is 8.87. The molecule has 0 spiro atoms. The zero-order valence-corrected chi connectivity index (χ0v) is 12.3. The van der Waals surface area contributed by atoms with Gasteiger partial charge in [0.25, 0.3) is 0 Å². The summed E-state index contributed by atoms with van der Waals surface area (Å²) in [5, 5.41) is 9.53. The second kappa shape index (κ2) is 5.51. The van der Waals surface area contributed by atoms with Crippen LogP contribution in [0.15, 0.2) is 18.2 Å². The SMILES string of the molecule is CN(CCS(C)(=O)=O)C1CCCc2cc(O)ccc21. The van der Waals surface area contributed by atoms with Gasteiger partial charge in [-0.25, -0.2) is 8.42 Å². The molecule has 0 fully saturated rings. The minimum Gasteiger partial charge on any atom is -0.508 e. The van der Waals surface area contributed by atoms with Gasteiger partial charge < -0.3 is 5.11 Å². The number of aromatic hydroxyl groups is 1. The molecule has 2 rings (SSSR count). The largest absolute Gasteiger partial charge is 0.508 e. The molecule has 0 radical (unpaired) electrons. The van der Waals surface area contributed by atoms with Crippen LogP contribution in [0.2, 0.25) is 0 Å². The number of sulfone groups is 1. The molecule has 0 saturated heterocycles. The lowest BCUT2D eigenvalue weighted by molar-refractivity contribution is 0.233. The second-order valence-corrected chi connectivity index (χ2v) is 7.66. The van der Waals surface area contributed by atoms with Gasteiger partial charge in [-0.3, -0.25) is 4.90 Å². The van der Waals surface area contributed by atoms with E-state index in [-0.39, 0.29) is 11.8 Å². The molecule has 106 valence electrons. The van der Waals surface area contributed by atoms with Crippen molar-refractivity contribution in [3.8, 4) is 5.75 Å². The van der Waals surface area contributed by atoms with Crippen molar-refractivity contribution in [3.63, 3.8) is 0 Å². The Morgan fingerprint density at radius 2 is 2.16 bits per heavy atom. The predicted octanol–water partition coefficient (Wildman–Crippen LogP) is 1.75. The molecule has 1 aromatic rings. The summed E-state index contributed by atoms with van der Waals surface area (Å²) in [5.41, 5.74) is 2.41. The zero-order valence-electron chi connectivity index (χ0n) is 11.5. The van der Waals surface area contributed by atoms with E-state index in [0.29, 0.717) is 12.3 Å². The first-order valence-electron chi connectivity index (χ1n) is 6.56. The first kappa shape index (κ1) is 14.3. The number of hydrogen-bond donors (Lipinski definition) is 1. The summed E-state index contributed by atoms with van der Waals surface area (Å²) in [5.74, 6) is 0.492. The van der Waals surface area contributed by atoms with E-state index in [1.165, 1.54) is 17.4 Å². The third-order valence-corrected chi connectivity index (χ3v) is 4.68. The average Bonchev–Trinajstić information content (AvgIpc) is 2.34. The van der Waals surface area contributed by atoms with Crippen molar-refractivity contribution in [1.29, 1.82) is 0 Å². The van der Waals surface area contributed by atoms with Crippen molar-refractivity contribution in [3.05, 3.63) is 29.3 Å². The number of phenols is 1. The van der Waals surface area contributed by atoms with E-state index in [0.717, 1.165) is 19.3 Å². The van der Waals surface area contributed by atoms with E-state index >= 15 is 0 Å². The summed E-state index contributed by atoms with van der Waals surface area (Å²) < 4.78 is 22.5. The van der Waals surface area contributed by atoms with Crippen molar-refractivity contribution in [2.24, 2.45) is 0 Å². The van der Waals surface area contributed by atoms with Gasteiger partial charge in [0, 0.05) is 18.8 Å². The van der Waals surface area contributed by atoms with Crippen LogP contribution < -0.4 is 0 Å². The standard InChI is InChI=1S/C14H21NO3S/c1-15(8-9-19(2,17)18)14-5-3-4-11-10-12(16)6-7-13(11)14/h6-7,10,14,16H,3-5,8-9H2,1-2H3. The van der Waals surface area contributed by atoms with Crippen LogP contribution >= 0.6 is 0 Å². The maximum atomic E-state index is 11.2. The molecule has 1 aliphatic rings. The summed E-state index contributed by atoms with van der Waals surface area (Å²) in [6.07, 6.45) is 4.37. The van der Waals surface area contributed by atoms with Crippen molar-refractivity contribution in [1.82, 2.24) is 4.90 Å².